The summed E-state index contributed by atoms with van der Waals surface area (Å²) in [6.07, 6.45) is 2.74. The van der Waals surface area contributed by atoms with Gasteiger partial charge in [-0.25, -0.2) is 9.97 Å². The summed E-state index contributed by atoms with van der Waals surface area (Å²) in [4.78, 5) is 11.1. The highest BCUT2D eigenvalue weighted by molar-refractivity contribution is 5.43. The van der Waals surface area contributed by atoms with E-state index in [0.29, 0.717) is 12.0 Å². The van der Waals surface area contributed by atoms with Crippen molar-refractivity contribution in [3.05, 3.63) is 35.5 Å². The average molecular weight is 299 g/mol. The van der Waals surface area contributed by atoms with Crippen LogP contribution in [-0.2, 0) is 4.74 Å². The Bertz CT molecular complexity index is 671. The summed E-state index contributed by atoms with van der Waals surface area (Å²) < 4.78 is 7.59. The van der Waals surface area contributed by atoms with Crippen LogP contribution in [0.3, 0.4) is 0 Å². The van der Waals surface area contributed by atoms with Crippen LogP contribution in [0, 0.1) is 13.8 Å². The van der Waals surface area contributed by atoms with Crippen molar-refractivity contribution >= 4 is 5.82 Å². The Kier molecular flexibility index (Phi) is 3.33. The van der Waals surface area contributed by atoms with Gasteiger partial charge in [-0.2, -0.15) is 5.10 Å². The Hall–Kier alpha value is -1.95. The molecule has 2 aliphatic rings. The minimum Gasteiger partial charge on any atom is -0.381 e. The first kappa shape index (κ1) is 13.7. The molecular formula is C16H21N5O. The lowest BCUT2D eigenvalue weighted by molar-refractivity contribution is 0.193. The van der Waals surface area contributed by atoms with E-state index in [2.05, 4.69) is 43.7 Å². The summed E-state index contributed by atoms with van der Waals surface area (Å²) >= 11 is 0. The Labute approximate surface area is 130 Å². The topological polar surface area (TPSA) is 56.1 Å². The van der Waals surface area contributed by atoms with Crippen LogP contribution >= 0.6 is 0 Å². The van der Waals surface area contributed by atoms with E-state index >= 15 is 0 Å². The predicted molar refractivity (Wildman–Crippen MR) is 83.2 cm³/mol. The summed E-state index contributed by atoms with van der Waals surface area (Å²) in [5.74, 6) is 1.45. The maximum absolute atomic E-state index is 5.46. The van der Waals surface area contributed by atoms with Crippen molar-refractivity contribution in [1.82, 2.24) is 19.7 Å². The second-order valence-electron chi connectivity index (χ2n) is 6.29. The van der Waals surface area contributed by atoms with E-state index in [-0.39, 0.29) is 0 Å². The first-order valence-electron chi connectivity index (χ1n) is 7.88. The lowest BCUT2D eigenvalue weighted by Gasteiger charge is -2.40. The lowest BCUT2D eigenvalue weighted by Crippen LogP contribution is -2.48. The minimum absolute atomic E-state index is 0.426. The minimum atomic E-state index is 0.426. The summed E-state index contributed by atoms with van der Waals surface area (Å²) in [6.45, 7) is 7.70. The fourth-order valence-corrected chi connectivity index (χ4v) is 3.34. The highest BCUT2D eigenvalue weighted by Crippen LogP contribution is 2.30. The molecule has 116 valence electrons. The third kappa shape index (κ3) is 2.37. The van der Waals surface area contributed by atoms with Gasteiger partial charge in [0, 0.05) is 37.4 Å². The van der Waals surface area contributed by atoms with Gasteiger partial charge in [0.1, 0.15) is 12.1 Å². The highest BCUT2D eigenvalue weighted by atomic mass is 16.5. The molecule has 2 aromatic heterocycles. The molecule has 0 aliphatic carbocycles. The van der Waals surface area contributed by atoms with Gasteiger partial charge < -0.3 is 9.64 Å². The smallest absolute Gasteiger partial charge is 0.132 e. The monoisotopic (exact) mass is 299 g/mol. The van der Waals surface area contributed by atoms with Crippen LogP contribution in [0.15, 0.2) is 18.5 Å². The van der Waals surface area contributed by atoms with Gasteiger partial charge in [0.25, 0.3) is 0 Å². The first-order valence-corrected chi connectivity index (χ1v) is 7.88. The van der Waals surface area contributed by atoms with Crippen molar-refractivity contribution in [1.29, 1.82) is 0 Å². The Morgan fingerprint density at radius 3 is 2.73 bits per heavy atom. The van der Waals surface area contributed by atoms with Crippen molar-refractivity contribution in [2.75, 3.05) is 31.2 Å². The normalized spacial score (nSPS) is 22.1. The molecule has 2 aromatic rings. The summed E-state index contributed by atoms with van der Waals surface area (Å²) in [5.41, 5.74) is 3.42. The molecule has 6 heteroatoms. The van der Waals surface area contributed by atoms with Gasteiger partial charge >= 0.3 is 0 Å². The molecule has 4 rings (SSSR count). The molecule has 2 aliphatic heterocycles. The van der Waals surface area contributed by atoms with E-state index in [1.165, 1.54) is 5.69 Å². The van der Waals surface area contributed by atoms with Crippen molar-refractivity contribution in [3.63, 3.8) is 0 Å². The lowest BCUT2D eigenvalue weighted by atomic mass is 10.0. The van der Waals surface area contributed by atoms with E-state index in [9.17, 15) is 0 Å². The zero-order valence-electron chi connectivity index (χ0n) is 13.1. The Balaban J connectivity index is 1.46. The Morgan fingerprint density at radius 1 is 1.18 bits per heavy atom. The molecule has 0 bridgehead atoms. The van der Waals surface area contributed by atoms with Crippen molar-refractivity contribution < 1.29 is 4.74 Å². The summed E-state index contributed by atoms with van der Waals surface area (Å²) in [5, 5.41) is 4.58. The standard InChI is InChI=1S/C16H21N5O/c1-11-5-12(2)21(19-11)14-7-20(8-14)16-6-15(17-10-18-16)13-3-4-22-9-13/h5-6,10,13-14H,3-4,7-9H2,1-2H3/t13-/m1/s1. The number of rotatable bonds is 3. The van der Waals surface area contributed by atoms with Crippen molar-refractivity contribution in [2.45, 2.75) is 32.2 Å². The second-order valence-corrected chi connectivity index (χ2v) is 6.29. The van der Waals surface area contributed by atoms with E-state index in [0.717, 1.165) is 49.9 Å². The second kappa shape index (κ2) is 5.35. The molecule has 6 nitrogen and oxygen atoms in total. The number of hydrogen-bond acceptors (Lipinski definition) is 5. The number of hydrogen-bond donors (Lipinski definition) is 0. The maximum Gasteiger partial charge on any atom is 0.132 e. The van der Waals surface area contributed by atoms with Crippen LogP contribution in [0.1, 0.15) is 35.5 Å². The quantitative estimate of drug-likeness (QED) is 0.866. The van der Waals surface area contributed by atoms with E-state index < -0.39 is 0 Å². The van der Waals surface area contributed by atoms with Crippen molar-refractivity contribution in [2.24, 2.45) is 0 Å². The van der Waals surface area contributed by atoms with Gasteiger partial charge in [-0.1, -0.05) is 0 Å². The fourth-order valence-electron chi connectivity index (χ4n) is 3.34. The zero-order valence-corrected chi connectivity index (χ0v) is 13.1. The third-order valence-electron chi connectivity index (χ3n) is 4.60. The van der Waals surface area contributed by atoms with Crippen molar-refractivity contribution in [3.8, 4) is 0 Å². The zero-order chi connectivity index (χ0) is 15.1. The largest absolute Gasteiger partial charge is 0.381 e. The number of aryl methyl sites for hydroxylation is 2. The summed E-state index contributed by atoms with van der Waals surface area (Å²) in [6, 6.07) is 4.70. The molecular weight excluding hydrogens is 278 g/mol. The molecule has 4 heterocycles. The van der Waals surface area contributed by atoms with Crippen LogP contribution in [0.2, 0.25) is 0 Å². The SMILES string of the molecule is Cc1cc(C)n(C2CN(c3cc([C@@H]4CCOC4)ncn3)C2)n1. The van der Waals surface area contributed by atoms with Crippen LogP contribution in [0.4, 0.5) is 5.82 Å². The Morgan fingerprint density at radius 2 is 2.05 bits per heavy atom. The molecule has 0 radical (unpaired) electrons. The molecule has 0 aromatic carbocycles. The van der Waals surface area contributed by atoms with Crippen LogP contribution in [0.5, 0.6) is 0 Å². The van der Waals surface area contributed by atoms with E-state index in [1.54, 1.807) is 6.33 Å². The van der Waals surface area contributed by atoms with Gasteiger partial charge in [-0.15, -0.1) is 0 Å². The van der Waals surface area contributed by atoms with Crippen LogP contribution < -0.4 is 4.90 Å². The average Bonchev–Trinajstić information content (AvgIpc) is 3.08. The van der Waals surface area contributed by atoms with Gasteiger partial charge in [0.2, 0.25) is 0 Å². The van der Waals surface area contributed by atoms with Crippen LogP contribution in [0.25, 0.3) is 0 Å². The molecule has 0 N–H and O–H groups in total. The number of nitrogens with zero attached hydrogens (tertiary/aromatic N) is 5. The molecule has 0 spiro atoms. The molecule has 0 amide bonds. The van der Waals surface area contributed by atoms with Gasteiger partial charge in [-0.3, -0.25) is 4.68 Å². The van der Waals surface area contributed by atoms with E-state index in [4.69, 9.17) is 4.74 Å². The van der Waals surface area contributed by atoms with Gasteiger partial charge in [0.05, 0.1) is 24.0 Å². The number of anilines is 1. The number of aromatic nitrogens is 4. The first-order chi connectivity index (χ1) is 10.7. The predicted octanol–water partition coefficient (Wildman–Crippen LogP) is 1.86. The molecule has 2 saturated heterocycles. The maximum atomic E-state index is 5.46. The third-order valence-corrected chi connectivity index (χ3v) is 4.60. The molecule has 1 atom stereocenters. The molecule has 2 fully saturated rings. The molecule has 0 saturated carbocycles. The molecule has 0 unspecified atom stereocenters. The highest BCUT2D eigenvalue weighted by Gasteiger charge is 2.31. The van der Waals surface area contributed by atoms with Gasteiger partial charge in [0.15, 0.2) is 0 Å². The fraction of sp³-hybridized carbons (Fsp3) is 0.562. The van der Waals surface area contributed by atoms with Gasteiger partial charge in [-0.05, 0) is 26.3 Å². The van der Waals surface area contributed by atoms with Crippen LogP contribution in [-0.4, -0.2) is 46.1 Å². The number of ether oxygens (including phenoxy) is 1. The van der Waals surface area contributed by atoms with E-state index in [1.807, 2.05) is 6.92 Å². The summed E-state index contributed by atoms with van der Waals surface area (Å²) in [7, 11) is 0. The molecule has 22 heavy (non-hydrogen) atoms.